The van der Waals surface area contributed by atoms with Gasteiger partial charge in [0.1, 0.15) is 24.0 Å². The van der Waals surface area contributed by atoms with Crippen LogP contribution in [0, 0.1) is 0 Å². The Balaban J connectivity index is 1.05. The molecule has 6 nitrogen and oxygen atoms in total. The molecule has 4 atom stereocenters. The summed E-state index contributed by atoms with van der Waals surface area (Å²) in [7, 11) is 1.76. The molecule has 4 aliphatic heterocycles. The molecule has 45 heavy (non-hydrogen) atoms. The third-order valence-corrected chi connectivity index (χ3v) is 10.7. The third-order valence-electron chi connectivity index (χ3n) is 10.7. The number of piperidine rings is 1. The number of amides is 1. The maximum atomic E-state index is 14.9. The number of carbonyl (C=O) groups excluding carboxylic acids is 1. The summed E-state index contributed by atoms with van der Waals surface area (Å²) in [4.78, 5) is 21.8. The first kappa shape index (κ1) is 28.6. The maximum absolute atomic E-state index is 14.9. The Bertz CT molecular complexity index is 1650. The summed E-state index contributed by atoms with van der Waals surface area (Å²) in [5.41, 5.74) is 6.32. The zero-order chi connectivity index (χ0) is 30.4. The minimum Gasteiger partial charge on any atom is -0.362 e. The Labute approximate surface area is 266 Å². The van der Waals surface area contributed by atoms with E-state index < -0.39 is 5.41 Å². The van der Waals surface area contributed by atoms with Gasteiger partial charge in [0.25, 0.3) is 0 Å². The van der Waals surface area contributed by atoms with Gasteiger partial charge in [0.2, 0.25) is 5.91 Å². The van der Waals surface area contributed by atoms with E-state index >= 15 is 0 Å². The number of rotatable bonds is 9. The van der Waals surface area contributed by atoms with Gasteiger partial charge >= 0.3 is 0 Å². The molecule has 6 heteroatoms. The van der Waals surface area contributed by atoms with Crippen LogP contribution in [0.3, 0.4) is 0 Å². The number of hydrogen-bond donors (Lipinski definition) is 0. The van der Waals surface area contributed by atoms with Crippen molar-refractivity contribution >= 4 is 11.6 Å². The normalized spacial score (nSPS) is 26.4. The van der Waals surface area contributed by atoms with Crippen molar-refractivity contribution in [3.63, 3.8) is 0 Å². The van der Waals surface area contributed by atoms with Gasteiger partial charge in [0.05, 0.1) is 0 Å². The first-order valence-electron chi connectivity index (χ1n) is 16.5. The van der Waals surface area contributed by atoms with Crippen LogP contribution >= 0.6 is 0 Å². The van der Waals surface area contributed by atoms with Crippen molar-refractivity contribution in [2.75, 3.05) is 44.7 Å². The zero-order valence-electron chi connectivity index (χ0n) is 25.9. The number of methoxy groups -OCH3 is 1. The molecular formula is C39H41N3O3. The molecule has 4 heterocycles. The second kappa shape index (κ2) is 11.8. The van der Waals surface area contributed by atoms with Gasteiger partial charge in [0, 0.05) is 31.5 Å². The molecule has 0 aromatic heterocycles. The summed E-state index contributed by atoms with van der Waals surface area (Å²) in [6.07, 6.45) is 2.92. The average Bonchev–Trinajstić information content (AvgIpc) is 3.87. The average molecular weight is 600 g/mol. The van der Waals surface area contributed by atoms with E-state index in [0.29, 0.717) is 19.0 Å². The van der Waals surface area contributed by atoms with Crippen LogP contribution in [0.4, 0.5) is 5.69 Å². The van der Waals surface area contributed by atoms with Gasteiger partial charge < -0.3 is 19.3 Å². The number of carbonyl (C=O) groups is 1. The summed E-state index contributed by atoms with van der Waals surface area (Å²) < 4.78 is 12.2. The predicted octanol–water partition coefficient (Wildman–Crippen LogP) is 6.65. The largest absolute Gasteiger partial charge is 0.362 e. The van der Waals surface area contributed by atoms with Crippen LogP contribution in [0.2, 0.25) is 0 Å². The fourth-order valence-electron chi connectivity index (χ4n) is 8.29. The van der Waals surface area contributed by atoms with Crippen LogP contribution < -0.4 is 4.90 Å². The second-order valence-corrected chi connectivity index (χ2v) is 12.9. The smallest absolute Gasteiger partial charge is 0.242 e. The summed E-state index contributed by atoms with van der Waals surface area (Å²) >= 11 is 0. The number of nitrogens with zero attached hydrogens (tertiary/aromatic N) is 3. The van der Waals surface area contributed by atoms with Crippen LogP contribution in [0.15, 0.2) is 109 Å². The van der Waals surface area contributed by atoms with E-state index in [4.69, 9.17) is 9.47 Å². The quantitative estimate of drug-likeness (QED) is 0.202. The topological polar surface area (TPSA) is 48.6 Å². The minimum absolute atomic E-state index is 0.0181. The molecule has 2 fully saturated rings. The van der Waals surface area contributed by atoms with E-state index in [1.54, 1.807) is 7.11 Å². The number of fused-ring (bicyclic) bond motifs is 4. The van der Waals surface area contributed by atoms with Crippen molar-refractivity contribution in [1.29, 1.82) is 0 Å². The summed E-state index contributed by atoms with van der Waals surface area (Å²) in [6.45, 7) is 4.23. The van der Waals surface area contributed by atoms with Gasteiger partial charge in [-0.15, -0.1) is 0 Å². The van der Waals surface area contributed by atoms with Crippen LogP contribution in [0.5, 0.6) is 0 Å². The van der Waals surface area contributed by atoms with Gasteiger partial charge in [-0.2, -0.15) is 0 Å². The molecule has 0 bridgehead atoms. The van der Waals surface area contributed by atoms with Crippen molar-refractivity contribution in [3.8, 4) is 0 Å². The van der Waals surface area contributed by atoms with E-state index in [1.165, 1.54) is 11.1 Å². The fraction of sp³-hybridized carbons (Fsp3) is 0.359. The highest BCUT2D eigenvalue weighted by Crippen LogP contribution is 2.52. The summed E-state index contributed by atoms with van der Waals surface area (Å²) in [5, 5.41) is 0. The number of benzene rings is 4. The predicted molar refractivity (Wildman–Crippen MR) is 176 cm³/mol. The molecule has 4 aliphatic rings. The lowest BCUT2D eigenvalue weighted by atomic mass is 9.72. The molecule has 0 radical (unpaired) electrons. The highest BCUT2D eigenvalue weighted by molar-refractivity contribution is 6.10. The van der Waals surface area contributed by atoms with Crippen molar-refractivity contribution in [2.45, 2.75) is 49.2 Å². The standard InChI is InChI=1S/C39H41N3O3/c1-44-36-32-17-9-8-16-31(32)35-37(45-35)42(36)27-26-41-34-19-11-10-18-33(34)39(38(41)43,30-14-6-3-7-15-30)22-25-40-23-20-29(21-24-40)28-12-4-2-5-13-28/h2-19,29,35-37H,20-27H2,1H3. The lowest BCUT2D eigenvalue weighted by molar-refractivity contribution is -0.122. The molecular weight excluding hydrogens is 558 g/mol. The fourth-order valence-corrected chi connectivity index (χ4v) is 8.29. The van der Waals surface area contributed by atoms with Crippen molar-refractivity contribution in [2.24, 2.45) is 0 Å². The number of anilines is 1. The molecule has 4 aromatic carbocycles. The zero-order valence-corrected chi connectivity index (χ0v) is 25.9. The summed E-state index contributed by atoms with van der Waals surface area (Å²) in [5.74, 6) is 0.788. The Morgan fingerprint density at radius 2 is 1.44 bits per heavy atom. The van der Waals surface area contributed by atoms with Gasteiger partial charge in [-0.05, 0) is 73.1 Å². The number of para-hydroxylation sites is 1. The molecule has 4 aromatic rings. The Kier molecular flexibility index (Phi) is 7.54. The van der Waals surface area contributed by atoms with Crippen LogP contribution in [0.1, 0.15) is 65.3 Å². The monoisotopic (exact) mass is 599 g/mol. The van der Waals surface area contributed by atoms with Crippen LogP contribution in [-0.4, -0.2) is 61.8 Å². The minimum atomic E-state index is -0.720. The Hall–Kier alpha value is -3.81. The molecule has 0 spiro atoms. The second-order valence-electron chi connectivity index (χ2n) is 12.9. The van der Waals surface area contributed by atoms with E-state index in [-0.39, 0.29) is 24.5 Å². The first-order chi connectivity index (χ1) is 22.2. The molecule has 8 rings (SSSR count). The van der Waals surface area contributed by atoms with Crippen molar-refractivity contribution in [1.82, 2.24) is 9.80 Å². The third kappa shape index (κ3) is 4.92. The lowest BCUT2D eigenvalue weighted by Gasteiger charge is -2.36. The van der Waals surface area contributed by atoms with Crippen molar-refractivity contribution < 1.29 is 14.3 Å². The van der Waals surface area contributed by atoms with Crippen LogP contribution in [-0.2, 0) is 19.7 Å². The van der Waals surface area contributed by atoms with Gasteiger partial charge in [-0.3, -0.25) is 4.79 Å². The SMILES string of the molecule is COC1c2ccccc2C2OC2N1CCN1C(=O)C(CCN2CCC(c3ccccc3)CC2)(c2ccccc2)c2ccccc21. The number of hydrogen-bond acceptors (Lipinski definition) is 5. The van der Waals surface area contributed by atoms with Crippen molar-refractivity contribution in [3.05, 3.63) is 137 Å². The maximum Gasteiger partial charge on any atom is 0.242 e. The first-order valence-corrected chi connectivity index (χ1v) is 16.5. The molecule has 4 unspecified atom stereocenters. The van der Waals surface area contributed by atoms with E-state index in [2.05, 4.69) is 113 Å². The Morgan fingerprint density at radius 3 is 2.20 bits per heavy atom. The summed E-state index contributed by atoms with van der Waals surface area (Å²) in [6, 6.07) is 38.2. The lowest BCUT2D eigenvalue weighted by Crippen LogP contribution is -2.47. The Morgan fingerprint density at radius 1 is 0.778 bits per heavy atom. The van der Waals surface area contributed by atoms with E-state index in [9.17, 15) is 4.79 Å². The molecule has 2 saturated heterocycles. The molecule has 230 valence electrons. The van der Waals surface area contributed by atoms with E-state index in [0.717, 1.165) is 61.3 Å². The highest BCUT2D eigenvalue weighted by atomic mass is 16.6. The molecule has 1 amide bonds. The number of likely N-dealkylation sites (tertiary alicyclic amines) is 1. The number of epoxide rings is 1. The van der Waals surface area contributed by atoms with Gasteiger partial charge in [-0.1, -0.05) is 103 Å². The van der Waals surface area contributed by atoms with E-state index in [1.807, 2.05) is 11.0 Å². The van der Waals surface area contributed by atoms with Crippen LogP contribution in [0.25, 0.3) is 0 Å². The molecule has 0 aliphatic carbocycles. The molecule has 0 N–H and O–H groups in total. The van der Waals surface area contributed by atoms with Gasteiger partial charge in [0.15, 0.2) is 0 Å². The molecule has 0 saturated carbocycles. The van der Waals surface area contributed by atoms with Gasteiger partial charge in [-0.25, -0.2) is 4.90 Å². The highest BCUT2D eigenvalue weighted by Gasteiger charge is 2.55. The number of ether oxygens (including phenoxy) is 2.